The summed E-state index contributed by atoms with van der Waals surface area (Å²) in [5.41, 5.74) is 0. The molecular weight excluding hydrogens is 400 g/mol. The van der Waals surface area contributed by atoms with Crippen LogP contribution in [0, 0.1) is 0 Å². The van der Waals surface area contributed by atoms with Gasteiger partial charge in [0.15, 0.2) is 0 Å². The van der Waals surface area contributed by atoms with Crippen molar-refractivity contribution in [3.8, 4) is 0 Å². The predicted octanol–water partition coefficient (Wildman–Crippen LogP) is 0.216. The minimum Gasteiger partial charge on any atom is -0.425 e. The predicted molar refractivity (Wildman–Crippen MR) is 106 cm³/mol. The zero-order valence-electron chi connectivity index (χ0n) is 18.1. The Morgan fingerprint density at radius 2 is 0.933 bits per heavy atom. The largest absolute Gasteiger partial charge is 0.425 e. The van der Waals surface area contributed by atoms with Gasteiger partial charge in [-0.15, -0.1) is 0 Å². The zero-order chi connectivity index (χ0) is 22.8. The van der Waals surface area contributed by atoms with E-state index < -0.39 is 36.7 Å². The number of hydrogen-bond donors (Lipinski definition) is 4. The number of amides is 2. The molecule has 0 aromatic rings. The number of ether oxygens (including phenoxy) is 4. The molecule has 0 heterocycles. The lowest BCUT2D eigenvalue weighted by Gasteiger charge is -2.14. The van der Waals surface area contributed by atoms with Crippen molar-refractivity contribution in [2.75, 3.05) is 39.3 Å². The van der Waals surface area contributed by atoms with E-state index in [1.807, 2.05) is 0 Å². The maximum absolute atomic E-state index is 11.5. The summed E-state index contributed by atoms with van der Waals surface area (Å²) in [6.45, 7) is 9.28. The maximum Gasteiger partial charge on any atom is 0.410 e. The van der Waals surface area contributed by atoms with Gasteiger partial charge in [-0.05, 0) is 0 Å². The molecule has 0 saturated carbocycles. The van der Waals surface area contributed by atoms with Crippen LogP contribution in [0.2, 0.25) is 0 Å². The first-order chi connectivity index (χ1) is 14.3. The van der Waals surface area contributed by atoms with Crippen LogP contribution < -0.4 is 21.3 Å². The highest BCUT2D eigenvalue weighted by atomic mass is 16.7. The van der Waals surface area contributed by atoms with Gasteiger partial charge in [0.25, 0.3) is 0 Å². The van der Waals surface area contributed by atoms with E-state index in [-0.39, 0.29) is 12.8 Å². The summed E-state index contributed by atoms with van der Waals surface area (Å²) in [5, 5.41) is 11.3. The Labute approximate surface area is 176 Å². The Hall–Kier alpha value is -2.60. The van der Waals surface area contributed by atoms with Crippen LogP contribution in [0.1, 0.15) is 40.5 Å². The molecule has 0 aromatic heterocycles. The number of carbonyl (C=O) groups excluding carboxylic acids is 4. The van der Waals surface area contributed by atoms with E-state index in [0.29, 0.717) is 39.3 Å². The van der Waals surface area contributed by atoms with Crippen molar-refractivity contribution in [3.05, 3.63) is 0 Å². The molecule has 0 aliphatic rings. The fourth-order valence-electron chi connectivity index (χ4n) is 1.90. The van der Waals surface area contributed by atoms with E-state index in [1.54, 1.807) is 13.8 Å². The summed E-state index contributed by atoms with van der Waals surface area (Å²) >= 11 is 0. The lowest BCUT2D eigenvalue weighted by atomic mass is 10.5. The van der Waals surface area contributed by atoms with Gasteiger partial charge in [0, 0.05) is 66.0 Å². The molecule has 0 aliphatic heterocycles. The lowest BCUT2D eigenvalue weighted by Crippen LogP contribution is -2.38. The van der Waals surface area contributed by atoms with E-state index in [4.69, 9.17) is 18.9 Å². The molecule has 0 unspecified atom stereocenters. The van der Waals surface area contributed by atoms with E-state index >= 15 is 0 Å². The van der Waals surface area contributed by atoms with Crippen LogP contribution in [0.25, 0.3) is 0 Å². The van der Waals surface area contributed by atoms with Gasteiger partial charge in [0.1, 0.15) is 0 Å². The number of esters is 2. The second-order valence-electron chi connectivity index (χ2n) is 5.99. The van der Waals surface area contributed by atoms with E-state index in [0.717, 1.165) is 0 Å². The second kappa shape index (κ2) is 17.3. The molecule has 2 atom stereocenters. The molecule has 30 heavy (non-hydrogen) atoms. The smallest absolute Gasteiger partial charge is 0.410 e. The molecule has 2 amide bonds. The third-order valence-corrected chi connectivity index (χ3v) is 3.34. The van der Waals surface area contributed by atoms with E-state index in [9.17, 15) is 19.2 Å². The minimum absolute atomic E-state index is 0.211. The first kappa shape index (κ1) is 27.4. The SMILES string of the molecule is CCC(=O)O[C@H](C)OC(=O)NCCNCCNCCNC(=O)O[C@@H](C)OC(=O)CC. The zero-order valence-corrected chi connectivity index (χ0v) is 18.1. The van der Waals surface area contributed by atoms with Crippen LogP contribution in [0.4, 0.5) is 9.59 Å². The molecule has 12 nitrogen and oxygen atoms in total. The molecule has 4 N–H and O–H groups in total. The minimum atomic E-state index is -0.935. The van der Waals surface area contributed by atoms with Crippen molar-refractivity contribution in [1.29, 1.82) is 0 Å². The molecule has 0 rings (SSSR count). The molecule has 174 valence electrons. The maximum atomic E-state index is 11.5. The first-order valence-corrected chi connectivity index (χ1v) is 9.97. The number of nitrogens with one attached hydrogen (secondary N) is 4. The second-order valence-corrected chi connectivity index (χ2v) is 5.99. The molecule has 0 saturated heterocycles. The van der Waals surface area contributed by atoms with Crippen molar-refractivity contribution in [2.24, 2.45) is 0 Å². The molecule has 0 aromatic carbocycles. The lowest BCUT2D eigenvalue weighted by molar-refractivity contribution is -0.165. The summed E-state index contributed by atoms with van der Waals surface area (Å²) in [6.07, 6.45) is -2.78. The third kappa shape index (κ3) is 16.4. The molecule has 0 aliphatic carbocycles. The van der Waals surface area contributed by atoms with Crippen molar-refractivity contribution >= 4 is 24.1 Å². The molecule has 0 radical (unpaired) electrons. The molecule has 0 fully saturated rings. The van der Waals surface area contributed by atoms with Crippen LogP contribution in [0.15, 0.2) is 0 Å². The number of carbonyl (C=O) groups is 4. The van der Waals surface area contributed by atoms with Crippen LogP contribution in [-0.2, 0) is 28.5 Å². The topological polar surface area (TPSA) is 153 Å². The van der Waals surface area contributed by atoms with Crippen LogP contribution in [-0.4, -0.2) is 76.0 Å². The normalized spacial score (nSPS) is 12.3. The number of alkyl carbamates (subject to hydrolysis) is 2. The van der Waals surface area contributed by atoms with Crippen molar-refractivity contribution in [3.63, 3.8) is 0 Å². The quantitative estimate of drug-likeness (QED) is 0.160. The summed E-state index contributed by atoms with van der Waals surface area (Å²) in [7, 11) is 0. The monoisotopic (exact) mass is 434 g/mol. The van der Waals surface area contributed by atoms with Crippen molar-refractivity contribution < 1.29 is 38.1 Å². The Morgan fingerprint density at radius 1 is 0.600 bits per heavy atom. The molecular formula is C18H34N4O8. The summed E-state index contributed by atoms with van der Waals surface area (Å²) in [6, 6.07) is 0. The fourth-order valence-corrected chi connectivity index (χ4v) is 1.90. The van der Waals surface area contributed by atoms with Gasteiger partial charge in [-0.1, -0.05) is 13.8 Å². The standard InChI is InChI=1S/C18H34N4O8/c1-5-15(23)27-13(3)29-17(25)21-11-9-19-7-8-20-10-12-22-18(26)30-14(4)28-16(24)6-2/h13-14,19-20H,5-12H2,1-4H3,(H,21,25)(H,22,26)/t13-,14-/m0/s1. The molecule has 0 bridgehead atoms. The first-order valence-electron chi connectivity index (χ1n) is 9.97. The summed E-state index contributed by atoms with van der Waals surface area (Å²) in [4.78, 5) is 45.1. The van der Waals surface area contributed by atoms with Gasteiger partial charge in [-0.2, -0.15) is 0 Å². The van der Waals surface area contributed by atoms with E-state index in [2.05, 4.69) is 21.3 Å². The van der Waals surface area contributed by atoms with Gasteiger partial charge in [0.2, 0.25) is 12.6 Å². The Balaban J connectivity index is 3.51. The van der Waals surface area contributed by atoms with Crippen LogP contribution >= 0.6 is 0 Å². The average Bonchev–Trinajstić information content (AvgIpc) is 2.68. The fraction of sp³-hybridized carbons (Fsp3) is 0.778. The van der Waals surface area contributed by atoms with E-state index in [1.165, 1.54) is 13.8 Å². The van der Waals surface area contributed by atoms with Gasteiger partial charge in [-0.3, -0.25) is 9.59 Å². The van der Waals surface area contributed by atoms with Gasteiger partial charge < -0.3 is 40.2 Å². The highest BCUT2D eigenvalue weighted by Crippen LogP contribution is 1.97. The molecule has 0 spiro atoms. The van der Waals surface area contributed by atoms with Crippen molar-refractivity contribution in [2.45, 2.75) is 53.1 Å². The Morgan fingerprint density at radius 3 is 1.27 bits per heavy atom. The Kier molecular flexibility index (Phi) is 15.8. The van der Waals surface area contributed by atoms with Crippen molar-refractivity contribution in [1.82, 2.24) is 21.3 Å². The van der Waals surface area contributed by atoms with Gasteiger partial charge in [-0.25, -0.2) is 9.59 Å². The highest BCUT2D eigenvalue weighted by molar-refractivity contribution is 5.70. The molecule has 12 heteroatoms. The summed E-state index contributed by atoms with van der Waals surface area (Å²) in [5.74, 6) is -0.882. The van der Waals surface area contributed by atoms with Gasteiger partial charge in [0.05, 0.1) is 0 Å². The van der Waals surface area contributed by atoms with Crippen LogP contribution in [0.5, 0.6) is 0 Å². The average molecular weight is 434 g/mol. The highest BCUT2D eigenvalue weighted by Gasteiger charge is 2.13. The third-order valence-electron chi connectivity index (χ3n) is 3.34. The summed E-state index contributed by atoms with van der Waals surface area (Å²) < 4.78 is 19.4. The number of rotatable bonds is 15. The Bertz CT molecular complexity index is 486. The number of hydrogen-bond acceptors (Lipinski definition) is 10. The van der Waals surface area contributed by atoms with Gasteiger partial charge >= 0.3 is 24.1 Å². The van der Waals surface area contributed by atoms with Crippen LogP contribution in [0.3, 0.4) is 0 Å².